The fourth-order valence-corrected chi connectivity index (χ4v) is 9.69. The number of nitrogens with one attached hydrogen (secondary N) is 2. The number of hydrogen-bond donors (Lipinski definition) is 3. The van der Waals surface area contributed by atoms with E-state index in [1.165, 1.54) is 51.2 Å². The molecule has 6 heterocycles. The van der Waals surface area contributed by atoms with E-state index in [1.54, 1.807) is 30.5 Å². The third kappa shape index (κ3) is 6.55. The minimum Gasteiger partial charge on any atom is -0.465 e. The van der Waals surface area contributed by atoms with E-state index in [0.717, 1.165) is 52.7 Å². The number of carbonyl (C=O) groups is 5. The molecule has 2 aliphatic carbocycles. The number of nitrogens with zero attached hydrogens (tertiary/aromatic N) is 5. The number of pyridine rings is 2. The number of anilines is 2. The minimum absolute atomic E-state index is 0.130. The molecule has 1 unspecified atom stereocenters. The number of likely N-dealkylation sites (tertiary alicyclic amines) is 1. The van der Waals surface area contributed by atoms with Gasteiger partial charge in [0.15, 0.2) is 0 Å². The minimum atomic E-state index is -1.20. The van der Waals surface area contributed by atoms with E-state index in [-0.39, 0.29) is 30.4 Å². The highest BCUT2D eigenvalue weighted by molar-refractivity contribution is 6.23. The summed E-state index contributed by atoms with van der Waals surface area (Å²) in [5, 5.41) is 14.5. The normalized spacial score (nSPS) is 23.6. The Hall–Kier alpha value is -5.76. The van der Waals surface area contributed by atoms with Crippen molar-refractivity contribution in [1.82, 2.24) is 25.1 Å². The SMILES string of the molecule is Cc1cc(C)c(-c2cc3cc(NC(=O)O)ncc3cc2F)cn1.O=C1CCC(N2C(=O)c3ccc(N4CC5(CC(CN6C[C@H]7C[C@H]7C6)C5)C4)cc3C2=O)C(=O)N1. The van der Waals surface area contributed by atoms with Crippen molar-refractivity contribution in [3.05, 3.63) is 83.1 Å². The largest absolute Gasteiger partial charge is 0.465 e. The lowest BCUT2D eigenvalue weighted by Crippen LogP contribution is -2.63. The van der Waals surface area contributed by atoms with Gasteiger partial charge in [-0.2, -0.15) is 0 Å². The molecule has 2 aromatic carbocycles. The third-order valence-electron chi connectivity index (χ3n) is 12.4. The van der Waals surface area contributed by atoms with E-state index in [1.807, 2.05) is 26.0 Å². The lowest BCUT2D eigenvalue weighted by molar-refractivity contribution is -0.136. The molecule has 0 bridgehead atoms. The summed E-state index contributed by atoms with van der Waals surface area (Å²) in [5.41, 5.74) is 5.02. The summed E-state index contributed by atoms with van der Waals surface area (Å²) in [7, 11) is 0. The van der Waals surface area contributed by atoms with Crippen LogP contribution in [0.15, 0.2) is 54.9 Å². The maximum Gasteiger partial charge on any atom is 0.410 e. The number of rotatable bonds is 6. The molecule has 1 spiro atoms. The van der Waals surface area contributed by atoms with Crippen molar-refractivity contribution in [3.8, 4) is 11.1 Å². The van der Waals surface area contributed by atoms with Crippen molar-refractivity contribution in [2.45, 2.75) is 52.0 Å². The molecule has 2 saturated carbocycles. The van der Waals surface area contributed by atoms with Crippen molar-refractivity contribution in [2.75, 3.05) is 42.9 Å². The highest BCUT2D eigenvalue weighted by atomic mass is 19.1. The van der Waals surface area contributed by atoms with Crippen LogP contribution in [-0.2, 0) is 9.59 Å². The van der Waals surface area contributed by atoms with Gasteiger partial charge in [0.2, 0.25) is 11.8 Å². The van der Waals surface area contributed by atoms with Crippen LogP contribution in [0.2, 0.25) is 0 Å². The molecule has 13 nitrogen and oxygen atoms in total. The fraction of sp³-hybridized carbons (Fsp3) is 0.405. The lowest BCUT2D eigenvalue weighted by Gasteiger charge is -2.60. The second kappa shape index (κ2) is 13.5. The van der Waals surface area contributed by atoms with Crippen molar-refractivity contribution < 1.29 is 33.5 Å². The van der Waals surface area contributed by atoms with Crippen molar-refractivity contribution in [1.29, 1.82) is 0 Å². The molecule has 14 heteroatoms. The van der Waals surface area contributed by atoms with Crippen LogP contribution in [0.4, 0.5) is 20.7 Å². The van der Waals surface area contributed by atoms with Crippen LogP contribution in [0.3, 0.4) is 0 Å². The molecular weight excluding hydrogens is 718 g/mol. The van der Waals surface area contributed by atoms with Crippen LogP contribution >= 0.6 is 0 Å². The number of carboxylic acid groups (broad SMARTS) is 1. The van der Waals surface area contributed by atoms with E-state index < -0.39 is 29.9 Å². The Kier molecular flexibility index (Phi) is 8.64. The van der Waals surface area contributed by atoms with Crippen LogP contribution in [0.25, 0.3) is 21.9 Å². The van der Waals surface area contributed by atoms with Gasteiger partial charge in [-0.25, -0.2) is 14.2 Å². The first kappa shape index (κ1) is 35.9. The first-order chi connectivity index (χ1) is 26.8. The molecule has 4 aromatic rings. The number of aryl methyl sites for hydroxylation is 2. The summed E-state index contributed by atoms with van der Waals surface area (Å²) in [6, 6.07) is 11.0. The Balaban J connectivity index is 0.000000157. The standard InChI is InChI=1S/C25H28N4O4.C17H14FN3O2/c30-21-4-3-20(22(31)26-21)29-23(32)18-2-1-17(6-19(18)24(29)33)28-12-25(13-28)7-14(8-25)9-27-10-15-5-16(15)11-27;1-9-3-10(2)19-8-14(9)13-4-11-6-16(21-17(22)23)20-7-12(11)5-15(13)18/h1-2,6,14-16,20H,3-5,7-13H2,(H,26,30,31);3-8H,1-2H3,(H,20,21)(H,22,23)/t15-,16+,20?;. The predicted octanol–water partition coefficient (Wildman–Crippen LogP) is 5.40. The van der Waals surface area contributed by atoms with Gasteiger partial charge in [0, 0.05) is 84.8 Å². The first-order valence-corrected chi connectivity index (χ1v) is 19.2. The number of benzene rings is 2. The monoisotopic (exact) mass is 759 g/mol. The molecule has 56 heavy (non-hydrogen) atoms. The number of amides is 5. The molecule has 6 aliphatic rings. The summed E-state index contributed by atoms with van der Waals surface area (Å²) >= 11 is 0. The van der Waals surface area contributed by atoms with Gasteiger partial charge >= 0.3 is 6.09 Å². The lowest BCUT2D eigenvalue weighted by atomic mass is 9.57. The van der Waals surface area contributed by atoms with Gasteiger partial charge in [-0.3, -0.25) is 39.7 Å². The zero-order valence-electron chi connectivity index (χ0n) is 31.2. The Morgan fingerprint density at radius 2 is 1.66 bits per heavy atom. The Morgan fingerprint density at radius 3 is 2.38 bits per heavy atom. The topological polar surface area (TPSA) is 165 Å². The number of halogens is 1. The van der Waals surface area contributed by atoms with E-state index in [2.05, 4.69) is 30.4 Å². The van der Waals surface area contributed by atoms with Gasteiger partial charge < -0.3 is 14.9 Å². The zero-order valence-corrected chi connectivity index (χ0v) is 31.2. The zero-order chi connectivity index (χ0) is 39.0. The Labute approximate surface area is 322 Å². The fourth-order valence-electron chi connectivity index (χ4n) is 9.69. The van der Waals surface area contributed by atoms with E-state index >= 15 is 0 Å². The smallest absolute Gasteiger partial charge is 0.410 e. The van der Waals surface area contributed by atoms with Crippen LogP contribution in [-0.4, -0.2) is 93.4 Å². The number of hydrogen-bond acceptors (Lipinski definition) is 9. The van der Waals surface area contributed by atoms with Gasteiger partial charge in [-0.1, -0.05) is 0 Å². The molecule has 5 fully saturated rings. The molecule has 10 rings (SSSR count). The average molecular weight is 760 g/mol. The van der Waals surface area contributed by atoms with Crippen molar-refractivity contribution in [2.24, 2.45) is 23.2 Å². The molecular formula is C42H42FN7O6. The average Bonchev–Trinajstić information content (AvgIpc) is 3.65. The van der Waals surface area contributed by atoms with E-state index in [0.29, 0.717) is 38.4 Å². The third-order valence-corrected chi connectivity index (χ3v) is 12.4. The predicted molar refractivity (Wildman–Crippen MR) is 205 cm³/mol. The van der Waals surface area contributed by atoms with Crippen LogP contribution in [0.5, 0.6) is 0 Å². The van der Waals surface area contributed by atoms with Crippen molar-refractivity contribution >= 4 is 52.0 Å². The molecule has 288 valence electrons. The molecule has 5 amide bonds. The van der Waals surface area contributed by atoms with Crippen molar-refractivity contribution in [3.63, 3.8) is 0 Å². The summed E-state index contributed by atoms with van der Waals surface area (Å²) in [5.74, 6) is 0.830. The maximum atomic E-state index is 14.4. The number of piperidine rings is 2. The van der Waals surface area contributed by atoms with Gasteiger partial charge in [0.25, 0.3) is 11.8 Å². The van der Waals surface area contributed by atoms with E-state index in [9.17, 15) is 28.4 Å². The summed E-state index contributed by atoms with van der Waals surface area (Å²) in [6.07, 6.45) is 6.24. The molecule has 0 radical (unpaired) electrons. The molecule has 3 atom stereocenters. The van der Waals surface area contributed by atoms with Gasteiger partial charge in [-0.15, -0.1) is 0 Å². The summed E-state index contributed by atoms with van der Waals surface area (Å²) in [4.78, 5) is 74.5. The van der Waals surface area contributed by atoms with Gasteiger partial charge in [0.1, 0.15) is 17.7 Å². The number of aromatic nitrogens is 2. The molecule has 2 aromatic heterocycles. The summed E-state index contributed by atoms with van der Waals surface area (Å²) < 4.78 is 14.4. The molecule has 3 saturated heterocycles. The Morgan fingerprint density at radius 1 is 0.911 bits per heavy atom. The van der Waals surface area contributed by atoms with Gasteiger partial charge in [0.05, 0.1) is 11.1 Å². The molecule has 4 aliphatic heterocycles. The second-order valence-corrected chi connectivity index (χ2v) is 16.6. The molecule has 3 N–H and O–H groups in total. The highest BCUT2D eigenvalue weighted by Gasteiger charge is 2.54. The van der Waals surface area contributed by atoms with E-state index in [4.69, 9.17) is 5.11 Å². The van der Waals surface area contributed by atoms with Crippen LogP contribution < -0.4 is 15.5 Å². The van der Waals surface area contributed by atoms with Crippen LogP contribution in [0, 0.1) is 42.8 Å². The number of fused-ring (bicyclic) bond motifs is 3. The number of carbonyl (C=O) groups excluding carboxylic acids is 4. The Bertz CT molecular complexity index is 2340. The second-order valence-electron chi connectivity index (χ2n) is 16.6. The van der Waals surface area contributed by atoms with Crippen LogP contribution in [0.1, 0.15) is 64.1 Å². The summed E-state index contributed by atoms with van der Waals surface area (Å²) in [6.45, 7) is 9.69. The highest BCUT2D eigenvalue weighted by Crippen LogP contribution is 2.54. The first-order valence-electron chi connectivity index (χ1n) is 19.2. The quantitative estimate of drug-likeness (QED) is 0.217. The maximum absolute atomic E-state index is 14.4. The van der Waals surface area contributed by atoms with Gasteiger partial charge in [-0.05, 0) is 111 Å². The number of imide groups is 2.